The van der Waals surface area contributed by atoms with Crippen molar-refractivity contribution in [2.24, 2.45) is 4.99 Å². The highest BCUT2D eigenvalue weighted by atomic mass is 15.2. The summed E-state index contributed by atoms with van der Waals surface area (Å²) in [5.74, 6) is 1.01. The number of rotatable bonds is 4. The van der Waals surface area contributed by atoms with Crippen LogP contribution in [0, 0.1) is 0 Å². The third-order valence-electron chi connectivity index (χ3n) is 1.76. The van der Waals surface area contributed by atoms with E-state index in [0.717, 1.165) is 18.9 Å². The minimum absolute atomic E-state index is 0.498. The fraction of sp³-hybridized carbons (Fsp3) is 0.700. The monoisotopic (exact) mass is 168 g/mol. The van der Waals surface area contributed by atoms with E-state index in [1.54, 1.807) is 0 Å². The quantitative estimate of drug-likeness (QED) is 0.464. The van der Waals surface area contributed by atoms with E-state index in [2.05, 4.69) is 37.2 Å². The smallest absolute Gasteiger partial charge is 0.123 e. The van der Waals surface area contributed by atoms with Crippen LogP contribution in [0.25, 0.3) is 0 Å². The van der Waals surface area contributed by atoms with Crippen LogP contribution in [-0.2, 0) is 0 Å². The Hall–Kier alpha value is -0.790. The van der Waals surface area contributed by atoms with Crippen LogP contribution in [-0.4, -0.2) is 29.9 Å². The first-order chi connectivity index (χ1) is 5.67. The van der Waals surface area contributed by atoms with Crippen LogP contribution in [0.3, 0.4) is 0 Å². The van der Waals surface area contributed by atoms with Crippen LogP contribution < -0.4 is 0 Å². The van der Waals surface area contributed by atoms with Gasteiger partial charge < -0.3 is 4.90 Å². The Morgan fingerprint density at radius 2 is 2.08 bits per heavy atom. The molecule has 2 nitrogen and oxygen atoms in total. The average molecular weight is 168 g/mol. The van der Waals surface area contributed by atoms with Crippen LogP contribution in [0.2, 0.25) is 0 Å². The van der Waals surface area contributed by atoms with Gasteiger partial charge in [0.25, 0.3) is 0 Å². The van der Waals surface area contributed by atoms with Gasteiger partial charge in [0.1, 0.15) is 5.84 Å². The van der Waals surface area contributed by atoms with Crippen molar-refractivity contribution in [2.45, 2.75) is 33.7 Å². The third-order valence-corrected chi connectivity index (χ3v) is 1.76. The third kappa shape index (κ3) is 3.07. The van der Waals surface area contributed by atoms with E-state index in [0.29, 0.717) is 6.04 Å². The molecule has 0 saturated carbocycles. The summed E-state index contributed by atoms with van der Waals surface area (Å²) in [4.78, 5) is 6.59. The molecule has 0 aromatic carbocycles. The Balaban J connectivity index is 4.44. The molecule has 0 amide bonds. The molecule has 0 aromatic rings. The maximum atomic E-state index is 4.36. The SMILES string of the molecule is C=CC(=NCC)N(CC)C(C)C. The van der Waals surface area contributed by atoms with E-state index in [9.17, 15) is 0 Å². The van der Waals surface area contributed by atoms with Crippen molar-refractivity contribution in [3.05, 3.63) is 12.7 Å². The Bertz CT molecular complexity index is 159. The van der Waals surface area contributed by atoms with Crippen LogP contribution in [0.5, 0.6) is 0 Å². The van der Waals surface area contributed by atoms with Gasteiger partial charge in [0.15, 0.2) is 0 Å². The van der Waals surface area contributed by atoms with Gasteiger partial charge in [0.05, 0.1) is 0 Å². The predicted molar refractivity (Wildman–Crippen MR) is 55.7 cm³/mol. The van der Waals surface area contributed by atoms with Crippen LogP contribution >= 0.6 is 0 Å². The summed E-state index contributed by atoms with van der Waals surface area (Å²) in [5, 5.41) is 0. The van der Waals surface area contributed by atoms with Crippen LogP contribution in [0.15, 0.2) is 17.6 Å². The maximum Gasteiger partial charge on any atom is 0.123 e. The van der Waals surface area contributed by atoms with Gasteiger partial charge in [-0.05, 0) is 33.8 Å². The van der Waals surface area contributed by atoms with E-state index in [4.69, 9.17) is 0 Å². The molecule has 0 aliphatic heterocycles. The highest BCUT2D eigenvalue weighted by Crippen LogP contribution is 2.00. The van der Waals surface area contributed by atoms with Crippen molar-refractivity contribution in [3.8, 4) is 0 Å². The molecule has 0 saturated heterocycles. The van der Waals surface area contributed by atoms with Crippen molar-refractivity contribution in [2.75, 3.05) is 13.1 Å². The second-order valence-corrected chi connectivity index (χ2v) is 2.92. The molecule has 0 radical (unpaired) electrons. The van der Waals surface area contributed by atoms with E-state index < -0.39 is 0 Å². The molecule has 12 heavy (non-hydrogen) atoms. The van der Waals surface area contributed by atoms with Gasteiger partial charge in [0, 0.05) is 19.1 Å². The molecule has 0 atom stereocenters. The van der Waals surface area contributed by atoms with Gasteiger partial charge in [-0.15, -0.1) is 0 Å². The second kappa shape index (κ2) is 5.81. The van der Waals surface area contributed by atoms with Gasteiger partial charge in [-0.25, -0.2) is 0 Å². The topological polar surface area (TPSA) is 15.6 Å². The summed E-state index contributed by atoms with van der Waals surface area (Å²) < 4.78 is 0. The molecule has 0 heterocycles. The predicted octanol–water partition coefficient (Wildman–Crippen LogP) is 2.32. The first-order valence-corrected chi connectivity index (χ1v) is 4.60. The number of nitrogens with zero attached hydrogens (tertiary/aromatic N) is 2. The lowest BCUT2D eigenvalue weighted by molar-refractivity contribution is 0.368. The highest BCUT2D eigenvalue weighted by Gasteiger charge is 2.08. The number of aliphatic imine (C=N–C) groups is 1. The molecule has 0 spiro atoms. The minimum atomic E-state index is 0.498. The van der Waals surface area contributed by atoms with Gasteiger partial charge in [0.2, 0.25) is 0 Å². The van der Waals surface area contributed by atoms with Gasteiger partial charge >= 0.3 is 0 Å². The Morgan fingerprint density at radius 1 is 1.50 bits per heavy atom. The van der Waals surface area contributed by atoms with Gasteiger partial charge in [-0.1, -0.05) is 6.58 Å². The number of amidine groups is 1. The molecule has 0 aliphatic carbocycles. The van der Waals surface area contributed by atoms with Gasteiger partial charge in [-0.2, -0.15) is 0 Å². The molecule has 0 fully saturated rings. The zero-order chi connectivity index (χ0) is 9.56. The van der Waals surface area contributed by atoms with Crippen molar-refractivity contribution >= 4 is 5.84 Å². The van der Waals surface area contributed by atoms with Gasteiger partial charge in [-0.3, -0.25) is 4.99 Å². The standard InChI is InChI=1S/C10H20N2/c1-6-10(11-7-2)12(8-3)9(4)5/h6,9H,1,7-8H2,2-5H3. The second-order valence-electron chi connectivity index (χ2n) is 2.92. The van der Waals surface area contributed by atoms with Crippen molar-refractivity contribution in [3.63, 3.8) is 0 Å². The average Bonchev–Trinajstić information content (AvgIpc) is 2.03. The Morgan fingerprint density at radius 3 is 2.33 bits per heavy atom. The van der Waals surface area contributed by atoms with E-state index in [1.165, 1.54) is 0 Å². The first kappa shape index (κ1) is 11.2. The normalized spacial score (nSPS) is 11.9. The zero-order valence-corrected chi connectivity index (χ0v) is 8.67. The molecule has 2 heteroatoms. The summed E-state index contributed by atoms with van der Waals surface area (Å²) in [6.07, 6.45) is 1.83. The molecule has 0 aromatic heterocycles. The molecule has 0 N–H and O–H groups in total. The van der Waals surface area contributed by atoms with E-state index in [-0.39, 0.29) is 0 Å². The zero-order valence-electron chi connectivity index (χ0n) is 8.67. The highest BCUT2D eigenvalue weighted by molar-refractivity contribution is 5.92. The summed E-state index contributed by atoms with van der Waals surface area (Å²) in [5.41, 5.74) is 0. The van der Waals surface area contributed by atoms with Crippen LogP contribution in [0.4, 0.5) is 0 Å². The summed E-state index contributed by atoms with van der Waals surface area (Å²) in [7, 11) is 0. The maximum absolute atomic E-state index is 4.36. The Kier molecular flexibility index (Phi) is 5.43. The van der Waals surface area contributed by atoms with Crippen molar-refractivity contribution in [1.82, 2.24) is 4.90 Å². The summed E-state index contributed by atoms with van der Waals surface area (Å²) in [6, 6.07) is 0.498. The molecule has 0 unspecified atom stereocenters. The summed E-state index contributed by atoms with van der Waals surface area (Å²) in [6.45, 7) is 14.1. The van der Waals surface area contributed by atoms with Crippen molar-refractivity contribution in [1.29, 1.82) is 0 Å². The first-order valence-electron chi connectivity index (χ1n) is 4.60. The summed E-state index contributed by atoms with van der Waals surface area (Å²) >= 11 is 0. The number of likely N-dealkylation sites (N-methyl/N-ethyl adjacent to an activating group) is 1. The molecule has 0 rings (SSSR count). The lowest BCUT2D eigenvalue weighted by Gasteiger charge is -2.26. The van der Waals surface area contributed by atoms with E-state index in [1.807, 2.05) is 13.0 Å². The lowest BCUT2D eigenvalue weighted by Crippen LogP contribution is -2.35. The van der Waals surface area contributed by atoms with Crippen molar-refractivity contribution < 1.29 is 0 Å². The lowest BCUT2D eigenvalue weighted by atomic mass is 10.3. The molecule has 70 valence electrons. The largest absolute Gasteiger partial charge is 0.355 e. The molecular formula is C10H20N2. The van der Waals surface area contributed by atoms with Crippen LogP contribution in [0.1, 0.15) is 27.7 Å². The molecular weight excluding hydrogens is 148 g/mol. The molecule has 0 bridgehead atoms. The fourth-order valence-corrected chi connectivity index (χ4v) is 1.23. The number of hydrogen-bond acceptors (Lipinski definition) is 1. The Labute approximate surface area is 76.0 Å². The minimum Gasteiger partial charge on any atom is -0.355 e. The number of hydrogen-bond donors (Lipinski definition) is 0. The molecule has 0 aliphatic rings. The fourth-order valence-electron chi connectivity index (χ4n) is 1.23. The van der Waals surface area contributed by atoms with E-state index >= 15 is 0 Å².